The molecule has 0 radical (unpaired) electrons. The van der Waals surface area contributed by atoms with Gasteiger partial charge < -0.3 is 14.2 Å². The van der Waals surface area contributed by atoms with Crippen molar-refractivity contribution >= 4 is 22.9 Å². The summed E-state index contributed by atoms with van der Waals surface area (Å²) in [6, 6.07) is 7.98. The summed E-state index contributed by atoms with van der Waals surface area (Å²) < 4.78 is 5.95. The van der Waals surface area contributed by atoms with E-state index in [-0.39, 0.29) is 5.97 Å². The summed E-state index contributed by atoms with van der Waals surface area (Å²) in [5.41, 5.74) is 2.05. The third kappa shape index (κ3) is 3.96. The number of benzene rings is 1. The van der Waals surface area contributed by atoms with Gasteiger partial charge in [-0.2, -0.15) is 0 Å². The molecule has 4 nitrogen and oxygen atoms in total. The van der Waals surface area contributed by atoms with Crippen molar-refractivity contribution in [1.82, 2.24) is 4.98 Å². The Morgan fingerprint density at radius 2 is 2.05 bits per heavy atom. The van der Waals surface area contributed by atoms with Crippen LogP contribution >= 0.6 is 0 Å². The maximum atomic E-state index is 11.6. The zero-order valence-corrected chi connectivity index (χ0v) is 12.2. The third-order valence-corrected chi connectivity index (χ3v) is 3.03. The zero-order valence-electron chi connectivity index (χ0n) is 12.2. The standard InChI is InChI=1S/C16H20N2O2/c1-18(2,3)10-11-20-16(19)9-8-13-12-17-15-7-5-4-6-14(13)15/h4-9,12H,10-11H2,1-3H3/p+1. The highest BCUT2D eigenvalue weighted by Gasteiger charge is 2.08. The first-order valence-electron chi connectivity index (χ1n) is 6.67. The Hall–Kier alpha value is -2.07. The highest BCUT2D eigenvalue weighted by atomic mass is 16.5. The quantitative estimate of drug-likeness (QED) is 0.516. The average Bonchev–Trinajstić information content (AvgIpc) is 2.78. The molecular weight excluding hydrogens is 252 g/mol. The Bertz CT molecular complexity index is 621. The van der Waals surface area contributed by atoms with Crippen LogP contribution in [0.1, 0.15) is 5.56 Å². The lowest BCUT2D eigenvalue weighted by Gasteiger charge is -2.23. The van der Waals surface area contributed by atoms with E-state index in [2.05, 4.69) is 26.1 Å². The Kier molecular flexibility index (Phi) is 4.25. The second-order valence-corrected chi connectivity index (χ2v) is 5.80. The zero-order chi connectivity index (χ0) is 14.6. The molecule has 2 rings (SSSR count). The highest BCUT2D eigenvalue weighted by molar-refractivity contribution is 5.93. The van der Waals surface area contributed by atoms with E-state index in [1.54, 1.807) is 6.08 Å². The number of para-hydroxylation sites is 1. The summed E-state index contributed by atoms with van der Waals surface area (Å²) in [7, 11) is 6.20. The normalized spacial score (nSPS) is 12.2. The number of nitrogens with zero attached hydrogens (tertiary/aromatic N) is 1. The first-order chi connectivity index (χ1) is 9.46. The molecule has 0 bridgehead atoms. The predicted molar refractivity (Wildman–Crippen MR) is 81.2 cm³/mol. The maximum Gasteiger partial charge on any atom is 0.330 e. The predicted octanol–water partition coefficient (Wildman–Crippen LogP) is 2.43. The number of fused-ring (bicyclic) bond motifs is 1. The van der Waals surface area contributed by atoms with Crippen molar-refractivity contribution < 1.29 is 14.0 Å². The van der Waals surface area contributed by atoms with Gasteiger partial charge in [0.25, 0.3) is 0 Å². The van der Waals surface area contributed by atoms with Crippen LogP contribution in [0.5, 0.6) is 0 Å². The summed E-state index contributed by atoms with van der Waals surface area (Å²) >= 11 is 0. The number of H-pyrrole nitrogens is 1. The fraction of sp³-hybridized carbons (Fsp3) is 0.312. The summed E-state index contributed by atoms with van der Waals surface area (Å²) in [6.45, 7) is 1.23. The van der Waals surface area contributed by atoms with Crippen LogP contribution in [-0.2, 0) is 9.53 Å². The van der Waals surface area contributed by atoms with Crippen LogP contribution in [-0.4, -0.2) is 49.7 Å². The number of quaternary nitrogens is 1. The summed E-state index contributed by atoms with van der Waals surface area (Å²) in [5, 5.41) is 1.10. The molecule has 0 aliphatic rings. The van der Waals surface area contributed by atoms with Crippen LogP contribution in [0.25, 0.3) is 17.0 Å². The van der Waals surface area contributed by atoms with Gasteiger partial charge in [0.15, 0.2) is 0 Å². The van der Waals surface area contributed by atoms with Crippen molar-refractivity contribution in [2.45, 2.75) is 0 Å². The molecule has 2 aromatic rings. The van der Waals surface area contributed by atoms with Crippen molar-refractivity contribution in [2.75, 3.05) is 34.3 Å². The highest BCUT2D eigenvalue weighted by Crippen LogP contribution is 2.18. The van der Waals surface area contributed by atoms with Gasteiger partial charge in [-0.1, -0.05) is 18.2 Å². The third-order valence-electron chi connectivity index (χ3n) is 3.03. The van der Waals surface area contributed by atoms with Gasteiger partial charge in [-0.3, -0.25) is 0 Å². The van der Waals surface area contributed by atoms with Crippen LogP contribution in [0.3, 0.4) is 0 Å². The van der Waals surface area contributed by atoms with Crippen LogP contribution < -0.4 is 0 Å². The molecule has 0 saturated heterocycles. The van der Waals surface area contributed by atoms with Gasteiger partial charge in [0.05, 0.1) is 21.1 Å². The van der Waals surface area contributed by atoms with Crippen molar-refractivity contribution in [1.29, 1.82) is 0 Å². The number of aromatic amines is 1. The van der Waals surface area contributed by atoms with E-state index in [0.29, 0.717) is 6.61 Å². The number of carbonyl (C=O) groups excluding carboxylic acids is 1. The SMILES string of the molecule is C[N+](C)(C)CCOC(=O)/C=C/c1c[nH]c2ccccc12. The lowest BCUT2D eigenvalue weighted by atomic mass is 10.1. The van der Waals surface area contributed by atoms with E-state index in [0.717, 1.165) is 27.5 Å². The molecule has 0 fully saturated rings. The molecule has 0 spiro atoms. The molecule has 0 amide bonds. The number of hydrogen-bond acceptors (Lipinski definition) is 2. The Morgan fingerprint density at radius 1 is 1.30 bits per heavy atom. The molecule has 20 heavy (non-hydrogen) atoms. The summed E-state index contributed by atoms with van der Waals surface area (Å²) in [4.78, 5) is 14.8. The number of esters is 1. The summed E-state index contributed by atoms with van der Waals surface area (Å²) in [6.07, 6.45) is 5.15. The van der Waals surface area contributed by atoms with Gasteiger partial charge in [0, 0.05) is 28.7 Å². The molecule has 1 aromatic carbocycles. The van der Waals surface area contributed by atoms with Gasteiger partial charge in [-0.25, -0.2) is 4.79 Å². The van der Waals surface area contributed by atoms with Gasteiger partial charge >= 0.3 is 5.97 Å². The molecule has 0 aliphatic carbocycles. The number of rotatable bonds is 5. The van der Waals surface area contributed by atoms with Crippen molar-refractivity contribution in [2.24, 2.45) is 0 Å². The maximum absolute atomic E-state index is 11.6. The topological polar surface area (TPSA) is 42.1 Å². The average molecular weight is 273 g/mol. The second-order valence-electron chi connectivity index (χ2n) is 5.80. The molecule has 0 aliphatic heterocycles. The van der Waals surface area contributed by atoms with Crippen LogP contribution in [0.4, 0.5) is 0 Å². The molecule has 0 unspecified atom stereocenters. The molecule has 106 valence electrons. The Balaban J connectivity index is 1.94. The minimum absolute atomic E-state index is 0.302. The molecule has 4 heteroatoms. The van der Waals surface area contributed by atoms with Crippen molar-refractivity contribution in [3.05, 3.63) is 42.1 Å². The molecule has 0 atom stereocenters. The van der Waals surface area contributed by atoms with E-state index < -0.39 is 0 Å². The molecular formula is C16H21N2O2+. The van der Waals surface area contributed by atoms with Crippen molar-refractivity contribution in [3.63, 3.8) is 0 Å². The lowest BCUT2D eigenvalue weighted by Crippen LogP contribution is -2.37. The molecule has 1 N–H and O–H groups in total. The first kappa shape index (κ1) is 14.3. The van der Waals surface area contributed by atoms with Gasteiger partial charge in [-0.05, 0) is 12.1 Å². The van der Waals surface area contributed by atoms with Crippen LogP contribution in [0.2, 0.25) is 0 Å². The molecule has 1 aromatic heterocycles. The van der Waals surface area contributed by atoms with Crippen LogP contribution in [0, 0.1) is 0 Å². The number of hydrogen-bond donors (Lipinski definition) is 1. The lowest BCUT2D eigenvalue weighted by molar-refractivity contribution is -0.870. The fourth-order valence-corrected chi connectivity index (χ4v) is 1.86. The van der Waals surface area contributed by atoms with Gasteiger partial charge in [-0.15, -0.1) is 0 Å². The fourth-order valence-electron chi connectivity index (χ4n) is 1.86. The van der Waals surface area contributed by atoms with Crippen molar-refractivity contribution in [3.8, 4) is 0 Å². The monoisotopic (exact) mass is 273 g/mol. The number of likely N-dealkylation sites (N-methyl/N-ethyl adjacent to an activating group) is 1. The summed E-state index contributed by atoms with van der Waals surface area (Å²) in [5.74, 6) is -0.302. The minimum atomic E-state index is -0.302. The number of aromatic nitrogens is 1. The molecule has 1 heterocycles. The minimum Gasteiger partial charge on any atom is -0.457 e. The molecule has 0 saturated carbocycles. The van der Waals surface area contributed by atoms with E-state index in [4.69, 9.17) is 4.74 Å². The van der Waals surface area contributed by atoms with E-state index in [1.165, 1.54) is 6.08 Å². The Labute approximate surface area is 119 Å². The Morgan fingerprint density at radius 3 is 2.80 bits per heavy atom. The number of carbonyl (C=O) groups is 1. The number of ether oxygens (including phenoxy) is 1. The van der Waals surface area contributed by atoms with Gasteiger partial charge in [0.2, 0.25) is 0 Å². The number of nitrogens with one attached hydrogen (secondary N) is 1. The smallest absolute Gasteiger partial charge is 0.330 e. The largest absolute Gasteiger partial charge is 0.457 e. The first-order valence-corrected chi connectivity index (χ1v) is 6.67. The van der Waals surface area contributed by atoms with E-state index >= 15 is 0 Å². The van der Waals surface area contributed by atoms with E-state index in [1.807, 2.05) is 30.5 Å². The van der Waals surface area contributed by atoms with Crippen LogP contribution in [0.15, 0.2) is 36.5 Å². The van der Waals surface area contributed by atoms with Gasteiger partial charge in [0.1, 0.15) is 13.2 Å². The second kappa shape index (κ2) is 5.92. The van der Waals surface area contributed by atoms with E-state index in [9.17, 15) is 4.79 Å².